The van der Waals surface area contributed by atoms with Crippen molar-refractivity contribution in [2.24, 2.45) is 0 Å². The molecular formula is C23H18FNO3. The molecule has 1 heterocycles. The Balaban J connectivity index is 1.53. The number of halogens is 1. The number of hydrogen-bond acceptors (Lipinski definition) is 3. The highest BCUT2D eigenvalue weighted by atomic mass is 19.1. The van der Waals surface area contributed by atoms with Gasteiger partial charge >= 0.3 is 6.09 Å². The van der Waals surface area contributed by atoms with Crippen molar-refractivity contribution in [3.05, 3.63) is 95.3 Å². The van der Waals surface area contributed by atoms with Crippen molar-refractivity contribution in [1.82, 2.24) is 4.90 Å². The van der Waals surface area contributed by atoms with E-state index in [9.17, 15) is 14.0 Å². The maximum absolute atomic E-state index is 13.1. The Morgan fingerprint density at radius 1 is 1.00 bits per heavy atom. The van der Waals surface area contributed by atoms with E-state index in [1.165, 1.54) is 12.1 Å². The fourth-order valence-electron chi connectivity index (χ4n) is 3.35. The van der Waals surface area contributed by atoms with Crippen LogP contribution in [0.25, 0.3) is 11.1 Å². The monoisotopic (exact) mass is 375 g/mol. The summed E-state index contributed by atoms with van der Waals surface area (Å²) in [5.41, 5.74) is 4.01. The highest BCUT2D eigenvalue weighted by molar-refractivity contribution is 5.81. The summed E-state index contributed by atoms with van der Waals surface area (Å²) in [5, 5.41) is 0. The summed E-state index contributed by atoms with van der Waals surface area (Å²) >= 11 is 0. The predicted molar refractivity (Wildman–Crippen MR) is 103 cm³/mol. The highest BCUT2D eigenvalue weighted by Crippen LogP contribution is 2.29. The maximum Gasteiger partial charge on any atom is 0.410 e. The van der Waals surface area contributed by atoms with E-state index in [4.69, 9.17) is 4.74 Å². The van der Waals surface area contributed by atoms with E-state index in [1.807, 2.05) is 48.5 Å². The van der Waals surface area contributed by atoms with Gasteiger partial charge in [0, 0.05) is 12.1 Å². The van der Waals surface area contributed by atoms with Crippen molar-refractivity contribution in [3.8, 4) is 11.1 Å². The van der Waals surface area contributed by atoms with E-state index in [1.54, 1.807) is 17.0 Å². The van der Waals surface area contributed by atoms with Crippen molar-refractivity contribution in [2.75, 3.05) is 6.54 Å². The summed E-state index contributed by atoms with van der Waals surface area (Å²) < 4.78 is 18.5. The van der Waals surface area contributed by atoms with Gasteiger partial charge in [0.15, 0.2) is 0 Å². The number of nitrogens with zero attached hydrogens (tertiary/aromatic N) is 1. The van der Waals surface area contributed by atoms with Crippen LogP contribution in [0.5, 0.6) is 0 Å². The average Bonchev–Trinajstić information content (AvgIpc) is 3.10. The molecule has 0 spiro atoms. The van der Waals surface area contributed by atoms with Crippen molar-refractivity contribution in [3.63, 3.8) is 0 Å². The molecule has 0 radical (unpaired) electrons. The van der Waals surface area contributed by atoms with Gasteiger partial charge in [-0.05, 0) is 40.5 Å². The molecule has 0 aromatic heterocycles. The molecule has 4 rings (SSSR count). The Hall–Kier alpha value is -3.47. The van der Waals surface area contributed by atoms with Crippen LogP contribution in [-0.4, -0.2) is 23.8 Å². The second kappa shape index (κ2) is 7.64. The molecule has 1 unspecified atom stereocenters. The third-order valence-corrected chi connectivity index (χ3v) is 4.87. The molecule has 0 saturated carbocycles. The van der Waals surface area contributed by atoms with Gasteiger partial charge in [0.1, 0.15) is 18.2 Å². The van der Waals surface area contributed by atoms with Crippen LogP contribution in [0.2, 0.25) is 0 Å². The van der Waals surface area contributed by atoms with Crippen LogP contribution in [0.15, 0.2) is 72.8 Å². The van der Waals surface area contributed by atoms with Crippen molar-refractivity contribution in [1.29, 1.82) is 0 Å². The molecule has 1 atom stereocenters. The van der Waals surface area contributed by atoms with Gasteiger partial charge < -0.3 is 4.74 Å². The SMILES string of the molecule is O=Cc1cc(-c2ccccc2)ccc1CN1CC(c2ccc(F)cc2)OC1=O. The first-order valence-electron chi connectivity index (χ1n) is 8.98. The van der Waals surface area contributed by atoms with E-state index < -0.39 is 12.2 Å². The average molecular weight is 375 g/mol. The highest BCUT2D eigenvalue weighted by Gasteiger charge is 2.32. The maximum atomic E-state index is 13.1. The summed E-state index contributed by atoms with van der Waals surface area (Å²) in [4.78, 5) is 25.4. The second-order valence-electron chi connectivity index (χ2n) is 6.70. The van der Waals surface area contributed by atoms with Gasteiger partial charge in [-0.3, -0.25) is 9.69 Å². The summed E-state index contributed by atoms with van der Waals surface area (Å²) in [6.07, 6.45) is -0.0876. The summed E-state index contributed by atoms with van der Waals surface area (Å²) in [6.45, 7) is 0.628. The fourth-order valence-corrected chi connectivity index (χ4v) is 3.35. The van der Waals surface area contributed by atoms with Crippen LogP contribution in [0.1, 0.15) is 27.6 Å². The van der Waals surface area contributed by atoms with Crippen LogP contribution in [-0.2, 0) is 11.3 Å². The van der Waals surface area contributed by atoms with Gasteiger partial charge in [-0.1, -0.05) is 54.6 Å². The normalized spacial score (nSPS) is 16.1. The Kier molecular flexibility index (Phi) is 4.89. The van der Waals surface area contributed by atoms with Crippen molar-refractivity contribution in [2.45, 2.75) is 12.6 Å². The lowest BCUT2D eigenvalue weighted by Gasteiger charge is -2.15. The summed E-state index contributed by atoms with van der Waals surface area (Å²) in [5.74, 6) is -0.334. The second-order valence-corrected chi connectivity index (χ2v) is 6.70. The largest absolute Gasteiger partial charge is 0.439 e. The van der Waals surface area contributed by atoms with Crippen molar-refractivity contribution >= 4 is 12.4 Å². The quantitative estimate of drug-likeness (QED) is 0.590. The lowest BCUT2D eigenvalue weighted by Crippen LogP contribution is -2.24. The molecule has 3 aromatic carbocycles. The van der Waals surface area contributed by atoms with E-state index in [2.05, 4.69) is 0 Å². The van der Waals surface area contributed by atoms with Crippen LogP contribution in [0.3, 0.4) is 0 Å². The number of amides is 1. The van der Waals surface area contributed by atoms with Gasteiger partial charge in [-0.15, -0.1) is 0 Å². The minimum absolute atomic E-state index is 0.277. The number of carbonyl (C=O) groups is 2. The zero-order valence-corrected chi connectivity index (χ0v) is 15.0. The molecule has 28 heavy (non-hydrogen) atoms. The number of hydrogen-bond donors (Lipinski definition) is 0. The summed E-state index contributed by atoms with van der Waals surface area (Å²) in [6, 6.07) is 21.3. The standard InChI is InChI=1S/C23H18FNO3/c24-21-10-8-17(9-11-21)22-14-25(23(27)28-22)13-19-7-6-18(12-20(19)15-26)16-4-2-1-3-5-16/h1-12,15,22H,13-14H2. The lowest BCUT2D eigenvalue weighted by atomic mass is 9.99. The molecule has 0 aliphatic carbocycles. The number of carbonyl (C=O) groups excluding carboxylic acids is 2. The number of cyclic esters (lactones) is 1. The van der Waals surface area contributed by atoms with Crippen molar-refractivity contribution < 1.29 is 18.7 Å². The van der Waals surface area contributed by atoms with Gasteiger partial charge in [0.2, 0.25) is 0 Å². The molecule has 3 aromatic rings. The Labute approximate surface area is 162 Å². The predicted octanol–water partition coefficient (Wildman–Crippen LogP) is 5.00. The Morgan fingerprint density at radius 3 is 2.46 bits per heavy atom. The Bertz CT molecular complexity index is 1000. The van der Waals surface area contributed by atoms with Gasteiger partial charge in [0.25, 0.3) is 0 Å². The van der Waals surface area contributed by atoms with Gasteiger partial charge in [-0.25, -0.2) is 9.18 Å². The number of aldehydes is 1. The lowest BCUT2D eigenvalue weighted by molar-refractivity contribution is 0.112. The van der Waals surface area contributed by atoms with Crippen LogP contribution in [0, 0.1) is 5.82 Å². The number of benzene rings is 3. The van der Waals surface area contributed by atoms with E-state index in [0.717, 1.165) is 28.5 Å². The molecule has 140 valence electrons. The molecule has 1 saturated heterocycles. The first kappa shape index (κ1) is 17.9. The first-order valence-corrected chi connectivity index (χ1v) is 8.98. The number of ether oxygens (including phenoxy) is 1. The Morgan fingerprint density at radius 2 is 1.75 bits per heavy atom. The molecule has 4 nitrogen and oxygen atoms in total. The molecule has 0 N–H and O–H groups in total. The van der Waals surface area contributed by atoms with Gasteiger partial charge in [0.05, 0.1) is 6.54 Å². The van der Waals surface area contributed by atoms with Crippen LogP contribution in [0.4, 0.5) is 9.18 Å². The third kappa shape index (κ3) is 3.64. The molecule has 1 aliphatic rings. The molecule has 0 bridgehead atoms. The minimum atomic E-state index is -0.448. The first-order chi connectivity index (χ1) is 13.6. The zero-order valence-electron chi connectivity index (χ0n) is 15.0. The molecule has 1 amide bonds. The van der Waals surface area contributed by atoms with E-state index in [-0.39, 0.29) is 12.4 Å². The third-order valence-electron chi connectivity index (χ3n) is 4.87. The zero-order chi connectivity index (χ0) is 19.5. The molecule has 1 fully saturated rings. The van der Waals surface area contributed by atoms with Gasteiger partial charge in [-0.2, -0.15) is 0 Å². The van der Waals surface area contributed by atoms with Crippen LogP contribution < -0.4 is 0 Å². The molecule has 5 heteroatoms. The molecular weight excluding hydrogens is 357 g/mol. The van der Waals surface area contributed by atoms with Crippen LogP contribution >= 0.6 is 0 Å². The minimum Gasteiger partial charge on any atom is -0.439 e. The number of rotatable bonds is 5. The molecule has 1 aliphatic heterocycles. The fraction of sp³-hybridized carbons (Fsp3) is 0.130. The van der Waals surface area contributed by atoms with E-state index in [0.29, 0.717) is 12.1 Å². The topological polar surface area (TPSA) is 46.6 Å². The van der Waals surface area contributed by atoms with E-state index >= 15 is 0 Å². The smallest absolute Gasteiger partial charge is 0.410 e. The summed E-state index contributed by atoms with van der Waals surface area (Å²) in [7, 11) is 0.